The summed E-state index contributed by atoms with van der Waals surface area (Å²) in [6.07, 6.45) is 2.42. The van der Waals surface area contributed by atoms with Gasteiger partial charge in [0.1, 0.15) is 12.1 Å². The molecule has 0 spiro atoms. The first-order chi connectivity index (χ1) is 20.6. The SMILES string of the molecule is CC(C)(C)[C@H](NC(=O)N[C@H](CN1C(=O)CCC1=O)C(C)(C)C)C(=O)N1C[C@H]2[C@@H]([C@H]1C(=O)NC(CC1CC1)C(=O)C(N)=O)C2(C)C. The number of hydrogen-bond donors (Lipinski definition) is 4. The van der Waals surface area contributed by atoms with E-state index in [1.807, 2.05) is 55.4 Å². The Hall–Kier alpha value is -3.51. The van der Waals surface area contributed by atoms with Crippen LogP contribution in [0.5, 0.6) is 0 Å². The number of urea groups is 1. The Balaban J connectivity index is 1.52. The lowest BCUT2D eigenvalue weighted by Gasteiger charge is -2.39. The third-order valence-electron chi connectivity index (χ3n) is 10.2. The molecule has 45 heavy (non-hydrogen) atoms. The van der Waals surface area contributed by atoms with Crippen molar-refractivity contribution in [1.82, 2.24) is 25.8 Å². The molecule has 0 aromatic rings. The van der Waals surface area contributed by atoms with Gasteiger partial charge < -0.3 is 26.6 Å². The lowest BCUT2D eigenvalue weighted by atomic mass is 9.85. The molecule has 2 aliphatic carbocycles. The van der Waals surface area contributed by atoms with Crippen LogP contribution in [0.1, 0.15) is 87.5 Å². The second-order valence-corrected chi connectivity index (χ2v) is 16.1. The molecule has 4 rings (SSSR count). The third-order valence-corrected chi connectivity index (χ3v) is 10.2. The van der Waals surface area contributed by atoms with Crippen molar-refractivity contribution in [2.75, 3.05) is 13.1 Å². The number of Topliss-reactive ketones (excluding diaryl/α,β-unsaturated/α-hetero) is 1. The second-order valence-electron chi connectivity index (χ2n) is 16.1. The maximum absolute atomic E-state index is 14.2. The van der Waals surface area contributed by atoms with Gasteiger partial charge >= 0.3 is 6.03 Å². The standard InChI is InChI=1S/C32H50N6O7/c1-30(2,3)19(15-37-20(39)11-12-21(37)40)35-29(45)36-25(31(4,5)6)28(44)38-14-17-22(32(17,7)8)23(38)27(43)34-18(13-16-9-10-16)24(41)26(33)42/h16-19,22-23,25H,9-15H2,1-8H3,(H2,33,42)(H,34,43)(H2,35,36,45)/t17-,18?,19+,22-,23-,25+/m0/s1. The largest absolute Gasteiger partial charge is 0.363 e. The third kappa shape index (κ3) is 7.33. The molecule has 7 amide bonds. The maximum Gasteiger partial charge on any atom is 0.315 e. The van der Waals surface area contributed by atoms with Crippen molar-refractivity contribution in [3.05, 3.63) is 0 Å². The first-order valence-corrected chi connectivity index (χ1v) is 16.0. The summed E-state index contributed by atoms with van der Waals surface area (Å²) in [7, 11) is 0. The van der Waals surface area contributed by atoms with Gasteiger partial charge in [0, 0.05) is 25.9 Å². The number of amides is 7. The van der Waals surface area contributed by atoms with E-state index in [2.05, 4.69) is 16.0 Å². The summed E-state index contributed by atoms with van der Waals surface area (Å²) in [5.74, 6) is -3.33. The Labute approximate surface area is 265 Å². The highest BCUT2D eigenvalue weighted by Gasteiger charge is 2.70. The van der Waals surface area contributed by atoms with E-state index < -0.39 is 64.5 Å². The minimum Gasteiger partial charge on any atom is -0.363 e. The van der Waals surface area contributed by atoms with Crippen molar-refractivity contribution in [2.45, 2.75) is 112 Å². The molecule has 250 valence electrons. The summed E-state index contributed by atoms with van der Waals surface area (Å²) in [5.41, 5.74) is 3.80. The fraction of sp³-hybridized carbons (Fsp3) is 0.781. The number of ketones is 1. The molecular weight excluding hydrogens is 580 g/mol. The number of carbonyl (C=O) groups excluding carboxylic acids is 7. The molecule has 5 N–H and O–H groups in total. The van der Waals surface area contributed by atoms with Crippen LogP contribution in [-0.2, 0) is 28.8 Å². The predicted octanol–water partition coefficient (Wildman–Crippen LogP) is 1.09. The van der Waals surface area contributed by atoms with Gasteiger partial charge in [0.15, 0.2) is 0 Å². The Kier molecular flexibility index (Phi) is 9.18. The van der Waals surface area contributed by atoms with Crippen molar-refractivity contribution >= 4 is 41.4 Å². The average Bonchev–Trinajstić information content (AvgIpc) is 3.72. The van der Waals surface area contributed by atoms with Crippen molar-refractivity contribution < 1.29 is 33.6 Å². The minimum absolute atomic E-state index is 0.0155. The Morgan fingerprint density at radius 2 is 1.49 bits per heavy atom. The average molecular weight is 631 g/mol. The van der Waals surface area contributed by atoms with Crippen LogP contribution in [0, 0.1) is 34.0 Å². The number of nitrogens with zero attached hydrogens (tertiary/aromatic N) is 2. The van der Waals surface area contributed by atoms with E-state index in [9.17, 15) is 33.6 Å². The normalized spacial score (nSPS) is 26.1. The Morgan fingerprint density at radius 3 is 1.98 bits per heavy atom. The zero-order chi connectivity index (χ0) is 33.8. The number of rotatable bonds is 11. The molecule has 0 aromatic carbocycles. The highest BCUT2D eigenvalue weighted by atomic mass is 16.2. The lowest BCUT2D eigenvalue weighted by molar-refractivity contribution is -0.145. The van der Waals surface area contributed by atoms with Crippen LogP contribution in [-0.4, -0.2) is 88.4 Å². The zero-order valence-corrected chi connectivity index (χ0v) is 27.8. The van der Waals surface area contributed by atoms with Crippen molar-refractivity contribution in [3.63, 3.8) is 0 Å². The van der Waals surface area contributed by atoms with E-state index >= 15 is 0 Å². The van der Waals surface area contributed by atoms with Crippen molar-refractivity contribution in [1.29, 1.82) is 0 Å². The maximum atomic E-state index is 14.2. The second kappa shape index (κ2) is 12.0. The smallest absolute Gasteiger partial charge is 0.315 e. The number of carbonyl (C=O) groups is 7. The van der Waals surface area contributed by atoms with Crippen LogP contribution in [0.15, 0.2) is 0 Å². The van der Waals surface area contributed by atoms with Gasteiger partial charge in [-0.1, -0.05) is 68.2 Å². The number of imide groups is 1. The first-order valence-electron chi connectivity index (χ1n) is 16.0. The monoisotopic (exact) mass is 630 g/mol. The van der Waals surface area contributed by atoms with Gasteiger partial charge in [-0.15, -0.1) is 0 Å². The van der Waals surface area contributed by atoms with Crippen LogP contribution < -0.4 is 21.7 Å². The zero-order valence-electron chi connectivity index (χ0n) is 27.8. The van der Waals surface area contributed by atoms with Gasteiger partial charge in [-0.3, -0.25) is 33.7 Å². The molecule has 13 heteroatoms. The summed E-state index contributed by atoms with van der Waals surface area (Å²) in [5, 5.41) is 8.46. The van der Waals surface area contributed by atoms with E-state index in [1.165, 1.54) is 9.80 Å². The van der Waals surface area contributed by atoms with Gasteiger partial charge in [-0.05, 0) is 40.4 Å². The molecule has 2 aliphatic heterocycles. The van der Waals surface area contributed by atoms with Crippen LogP contribution in [0.3, 0.4) is 0 Å². The van der Waals surface area contributed by atoms with Gasteiger partial charge in [-0.25, -0.2) is 4.79 Å². The minimum atomic E-state index is -1.11. The fourth-order valence-electron chi connectivity index (χ4n) is 6.85. The Bertz CT molecular complexity index is 1260. The summed E-state index contributed by atoms with van der Waals surface area (Å²) < 4.78 is 0. The molecule has 4 aliphatic rings. The molecule has 6 atom stereocenters. The van der Waals surface area contributed by atoms with Gasteiger partial charge in [0.25, 0.3) is 5.91 Å². The number of fused-ring (bicyclic) bond motifs is 1. The van der Waals surface area contributed by atoms with Crippen LogP contribution in [0.2, 0.25) is 0 Å². The van der Waals surface area contributed by atoms with E-state index in [0.717, 1.165) is 12.8 Å². The Morgan fingerprint density at radius 1 is 0.911 bits per heavy atom. The molecule has 2 saturated carbocycles. The fourth-order valence-corrected chi connectivity index (χ4v) is 6.85. The van der Waals surface area contributed by atoms with Crippen LogP contribution in [0.25, 0.3) is 0 Å². The van der Waals surface area contributed by atoms with E-state index in [-0.39, 0.29) is 54.4 Å². The molecular formula is C32H50N6O7. The van der Waals surface area contributed by atoms with Crippen molar-refractivity contribution in [2.24, 2.45) is 39.7 Å². The highest BCUT2D eigenvalue weighted by Crippen LogP contribution is 2.65. The van der Waals surface area contributed by atoms with Crippen LogP contribution >= 0.6 is 0 Å². The summed E-state index contributed by atoms with van der Waals surface area (Å²) in [6, 6.07) is -4.19. The number of primary amides is 1. The molecule has 0 bridgehead atoms. The molecule has 2 heterocycles. The number of piperidine rings is 1. The molecule has 0 aromatic heterocycles. The lowest BCUT2D eigenvalue weighted by Crippen LogP contribution is -2.62. The number of hydrogen-bond acceptors (Lipinski definition) is 7. The van der Waals surface area contributed by atoms with Gasteiger partial charge in [-0.2, -0.15) is 0 Å². The number of likely N-dealkylation sites (tertiary alicyclic amines) is 2. The van der Waals surface area contributed by atoms with E-state index in [1.54, 1.807) is 0 Å². The number of nitrogens with one attached hydrogen (secondary N) is 3. The van der Waals surface area contributed by atoms with Gasteiger partial charge in [0.05, 0.1) is 12.1 Å². The van der Waals surface area contributed by atoms with Crippen molar-refractivity contribution in [3.8, 4) is 0 Å². The first kappa shape index (κ1) is 34.4. The van der Waals surface area contributed by atoms with E-state index in [0.29, 0.717) is 13.0 Å². The van der Waals surface area contributed by atoms with E-state index in [4.69, 9.17) is 5.73 Å². The van der Waals surface area contributed by atoms with Gasteiger partial charge in [0.2, 0.25) is 29.4 Å². The topological polar surface area (TPSA) is 188 Å². The summed E-state index contributed by atoms with van der Waals surface area (Å²) in [6.45, 7) is 15.5. The summed E-state index contributed by atoms with van der Waals surface area (Å²) >= 11 is 0. The van der Waals surface area contributed by atoms with Crippen LogP contribution in [0.4, 0.5) is 4.79 Å². The molecule has 13 nitrogen and oxygen atoms in total. The predicted molar refractivity (Wildman–Crippen MR) is 164 cm³/mol. The molecule has 2 saturated heterocycles. The molecule has 4 fully saturated rings. The highest BCUT2D eigenvalue weighted by molar-refractivity contribution is 6.37. The number of nitrogens with two attached hydrogens (primary N) is 1. The molecule has 1 unspecified atom stereocenters. The quantitative estimate of drug-likeness (QED) is 0.194. The molecule has 0 radical (unpaired) electrons. The summed E-state index contributed by atoms with van der Waals surface area (Å²) in [4.78, 5) is 93.1.